The van der Waals surface area contributed by atoms with E-state index in [1.807, 2.05) is 12.3 Å². The molecule has 1 aliphatic heterocycles. The zero-order chi connectivity index (χ0) is 14.9. The van der Waals surface area contributed by atoms with Crippen molar-refractivity contribution in [2.24, 2.45) is 17.6 Å². The maximum atomic E-state index is 6.33. The van der Waals surface area contributed by atoms with Gasteiger partial charge in [0.15, 0.2) is 0 Å². The van der Waals surface area contributed by atoms with Gasteiger partial charge in [0.05, 0.1) is 11.4 Å². The molecule has 2 aromatic rings. The number of aromatic nitrogens is 2. The Balaban J connectivity index is 1.50. The molecule has 3 unspecified atom stereocenters. The van der Waals surface area contributed by atoms with Crippen LogP contribution in [0.25, 0.3) is 5.69 Å². The molecule has 0 amide bonds. The van der Waals surface area contributed by atoms with Crippen LogP contribution in [0.5, 0.6) is 0 Å². The van der Waals surface area contributed by atoms with Crippen LogP contribution < -0.4 is 5.73 Å². The van der Waals surface area contributed by atoms with Crippen LogP contribution in [0.1, 0.15) is 25.0 Å². The number of fused-ring (bicyclic) bond motifs is 1. The van der Waals surface area contributed by atoms with Gasteiger partial charge in [-0.05, 0) is 42.9 Å². The molecule has 116 valence electrons. The molecule has 3 atom stereocenters. The van der Waals surface area contributed by atoms with Crippen molar-refractivity contribution in [3.8, 4) is 5.69 Å². The van der Waals surface area contributed by atoms with E-state index in [-0.39, 0.29) is 0 Å². The van der Waals surface area contributed by atoms with Crippen LogP contribution in [0.2, 0.25) is 0 Å². The van der Waals surface area contributed by atoms with Crippen molar-refractivity contribution in [2.45, 2.75) is 31.8 Å². The molecule has 2 N–H and O–H groups in total. The van der Waals surface area contributed by atoms with Gasteiger partial charge in [-0.3, -0.25) is 4.90 Å². The topological polar surface area (TPSA) is 47.1 Å². The van der Waals surface area contributed by atoms with Gasteiger partial charge in [-0.1, -0.05) is 24.6 Å². The lowest BCUT2D eigenvalue weighted by Crippen LogP contribution is -2.38. The molecule has 0 radical (unpaired) electrons. The fourth-order valence-electron chi connectivity index (χ4n) is 4.22. The highest BCUT2D eigenvalue weighted by Crippen LogP contribution is 2.36. The van der Waals surface area contributed by atoms with Crippen LogP contribution in [0.4, 0.5) is 0 Å². The van der Waals surface area contributed by atoms with Crippen LogP contribution >= 0.6 is 0 Å². The summed E-state index contributed by atoms with van der Waals surface area (Å²) in [6.07, 6.45) is 5.76. The van der Waals surface area contributed by atoms with E-state index in [9.17, 15) is 0 Å². The highest BCUT2D eigenvalue weighted by Gasteiger charge is 2.38. The second kappa shape index (κ2) is 5.86. The first kappa shape index (κ1) is 14.0. The average molecular weight is 296 g/mol. The van der Waals surface area contributed by atoms with Crippen molar-refractivity contribution in [1.82, 2.24) is 14.7 Å². The van der Waals surface area contributed by atoms with Crippen LogP contribution in [-0.4, -0.2) is 33.8 Å². The minimum absolute atomic E-state index is 0.405. The minimum Gasteiger partial charge on any atom is -0.327 e. The maximum absolute atomic E-state index is 6.33. The summed E-state index contributed by atoms with van der Waals surface area (Å²) >= 11 is 0. The van der Waals surface area contributed by atoms with Crippen LogP contribution in [0.15, 0.2) is 42.6 Å². The molecule has 2 aliphatic rings. The molecule has 1 aromatic heterocycles. The monoisotopic (exact) mass is 296 g/mol. The van der Waals surface area contributed by atoms with Gasteiger partial charge in [0.1, 0.15) is 0 Å². The molecule has 1 saturated carbocycles. The second-order valence-corrected chi connectivity index (χ2v) is 6.78. The fourth-order valence-corrected chi connectivity index (χ4v) is 4.22. The predicted molar refractivity (Wildman–Crippen MR) is 87.6 cm³/mol. The number of para-hydroxylation sites is 1. The molecular formula is C18H24N4. The van der Waals surface area contributed by atoms with Gasteiger partial charge in [0.25, 0.3) is 0 Å². The van der Waals surface area contributed by atoms with E-state index in [0.717, 1.165) is 24.7 Å². The quantitative estimate of drug-likeness (QED) is 0.946. The van der Waals surface area contributed by atoms with Crippen LogP contribution in [0, 0.1) is 11.8 Å². The van der Waals surface area contributed by atoms with Gasteiger partial charge in [-0.25, -0.2) is 4.68 Å². The number of benzene rings is 1. The summed E-state index contributed by atoms with van der Waals surface area (Å²) in [6.45, 7) is 3.30. The van der Waals surface area contributed by atoms with Crippen molar-refractivity contribution >= 4 is 0 Å². The normalized spacial score (nSPS) is 28.7. The van der Waals surface area contributed by atoms with Gasteiger partial charge in [-0.15, -0.1) is 0 Å². The first-order chi connectivity index (χ1) is 10.8. The lowest BCUT2D eigenvalue weighted by Gasteiger charge is -2.29. The SMILES string of the molecule is NC1CCCC2CN(Cc3ccnn3-c3ccccc3)CC12. The molecule has 0 spiro atoms. The maximum Gasteiger partial charge on any atom is 0.0649 e. The van der Waals surface area contributed by atoms with Gasteiger partial charge in [0.2, 0.25) is 0 Å². The Morgan fingerprint density at radius 3 is 2.77 bits per heavy atom. The lowest BCUT2D eigenvalue weighted by molar-refractivity contribution is 0.259. The van der Waals surface area contributed by atoms with Crippen molar-refractivity contribution in [3.63, 3.8) is 0 Å². The summed E-state index contributed by atoms with van der Waals surface area (Å²) < 4.78 is 2.06. The van der Waals surface area contributed by atoms with Gasteiger partial charge in [0, 0.05) is 31.9 Å². The number of nitrogens with two attached hydrogens (primary N) is 1. The van der Waals surface area contributed by atoms with Gasteiger partial charge in [-0.2, -0.15) is 5.10 Å². The van der Waals surface area contributed by atoms with E-state index in [1.54, 1.807) is 0 Å². The number of hydrogen-bond acceptors (Lipinski definition) is 3. The first-order valence-corrected chi connectivity index (χ1v) is 8.37. The summed E-state index contributed by atoms with van der Waals surface area (Å²) in [5.41, 5.74) is 8.73. The van der Waals surface area contributed by atoms with E-state index in [4.69, 9.17) is 5.73 Å². The highest BCUT2D eigenvalue weighted by molar-refractivity contribution is 5.32. The number of likely N-dealkylation sites (tertiary alicyclic amines) is 1. The molecule has 1 aromatic carbocycles. The molecular weight excluding hydrogens is 272 g/mol. The highest BCUT2D eigenvalue weighted by atomic mass is 15.3. The molecule has 1 aliphatic carbocycles. The van der Waals surface area contributed by atoms with Crippen molar-refractivity contribution in [1.29, 1.82) is 0 Å². The Hall–Kier alpha value is -1.65. The molecule has 2 fully saturated rings. The third kappa shape index (κ3) is 2.57. The molecule has 4 rings (SSSR count). The average Bonchev–Trinajstić information content (AvgIpc) is 3.16. The van der Waals surface area contributed by atoms with E-state index >= 15 is 0 Å². The first-order valence-electron chi connectivity index (χ1n) is 8.37. The summed E-state index contributed by atoms with van der Waals surface area (Å²) in [4.78, 5) is 2.57. The van der Waals surface area contributed by atoms with E-state index in [0.29, 0.717) is 12.0 Å². The molecule has 0 bridgehead atoms. The second-order valence-electron chi connectivity index (χ2n) is 6.78. The molecule has 2 heterocycles. The van der Waals surface area contributed by atoms with Gasteiger partial charge < -0.3 is 5.73 Å². The lowest BCUT2D eigenvalue weighted by atomic mass is 9.78. The van der Waals surface area contributed by atoms with Crippen molar-refractivity contribution < 1.29 is 0 Å². The fraction of sp³-hybridized carbons (Fsp3) is 0.500. The molecule has 4 nitrogen and oxygen atoms in total. The Morgan fingerprint density at radius 2 is 1.95 bits per heavy atom. The van der Waals surface area contributed by atoms with Crippen molar-refractivity contribution in [3.05, 3.63) is 48.3 Å². The third-order valence-corrected chi connectivity index (χ3v) is 5.34. The smallest absolute Gasteiger partial charge is 0.0649 e. The minimum atomic E-state index is 0.405. The molecule has 22 heavy (non-hydrogen) atoms. The Labute approximate surface area is 131 Å². The number of hydrogen-bond donors (Lipinski definition) is 1. The van der Waals surface area contributed by atoms with Crippen molar-refractivity contribution in [2.75, 3.05) is 13.1 Å². The van der Waals surface area contributed by atoms with E-state index < -0.39 is 0 Å². The zero-order valence-corrected chi connectivity index (χ0v) is 12.9. The predicted octanol–water partition coefficient (Wildman–Crippen LogP) is 2.43. The Morgan fingerprint density at radius 1 is 1.09 bits per heavy atom. The largest absolute Gasteiger partial charge is 0.327 e. The Bertz CT molecular complexity index is 621. The summed E-state index contributed by atoms with van der Waals surface area (Å²) in [5, 5.41) is 4.50. The number of nitrogens with zero attached hydrogens (tertiary/aromatic N) is 3. The molecule has 4 heteroatoms. The van der Waals surface area contributed by atoms with Gasteiger partial charge >= 0.3 is 0 Å². The Kier molecular flexibility index (Phi) is 3.72. The number of rotatable bonds is 3. The van der Waals surface area contributed by atoms with E-state index in [2.05, 4.69) is 45.0 Å². The summed E-state index contributed by atoms with van der Waals surface area (Å²) in [5.74, 6) is 1.50. The zero-order valence-electron chi connectivity index (χ0n) is 12.9. The summed E-state index contributed by atoms with van der Waals surface area (Å²) in [6, 6.07) is 12.9. The van der Waals surface area contributed by atoms with E-state index in [1.165, 1.54) is 31.5 Å². The van der Waals surface area contributed by atoms with Crippen LogP contribution in [-0.2, 0) is 6.54 Å². The van der Waals surface area contributed by atoms with Crippen LogP contribution in [0.3, 0.4) is 0 Å². The molecule has 1 saturated heterocycles. The standard InChI is InChI=1S/C18H24N4/c19-18-8-4-5-14-11-21(13-17(14)18)12-16-9-10-20-22(16)15-6-2-1-3-7-15/h1-3,6-7,9-10,14,17-18H,4-5,8,11-13,19H2. The third-order valence-electron chi connectivity index (χ3n) is 5.34. The summed E-state index contributed by atoms with van der Waals surface area (Å²) in [7, 11) is 0.